The van der Waals surface area contributed by atoms with Crippen LogP contribution in [0.25, 0.3) is 0 Å². The van der Waals surface area contributed by atoms with Crippen molar-refractivity contribution in [1.29, 1.82) is 0 Å². The summed E-state index contributed by atoms with van der Waals surface area (Å²) in [6.07, 6.45) is 2.80. The molecule has 0 fully saturated rings. The molecule has 1 atom stereocenters. The SMILES string of the molecule is O=C1Nc2ccc(F)cc2OC1n1nc2c(c1Cl)CCCC2. The van der Waals surface area contributed by atoms with Gasteiger partial charge in [0, 0.05) is 11.6 Å². The smallest absolute Gasteiger partial charge is 0.289 e. The first-order valence-corrected chi connectivity index (χ1v) is 7.54. The Kier molecular flexibility index (Phi) is 3.07. The molecular weight excluding hydrogens is 309 g/mol. The van der Waals surface area contributed by atoms with E-state index in [4.69, 9.17) is 16.3 Å². The van der Waals surface area contributed by atoms with Gasteiger partial charge in [0.15, 0.2) is 0 Å². The molecule has 2 heterocycles. The summed E-state index contributed by atoms with van der Waals surface area (Å²) >= 11 is 6.37. The first kappa shape index (κ1) is 13.6. The van der Waals surface area contributed by atoms with Crippen LogP contribution in [0.2, 0.25) is 5.15 Å². The third-order valence-electron chi connectivity index (χ3n) is 4.00. The van der Waals surface area contributed by atoms with E-state index >= 15 is 0 Å². The monoisotopic (exact) mass is 321 g/mol. The molecule has 0 saturated carbocycles. The van der Waals surface area contributed by atoms with Crippen molar-refractivity contribution in [3.05, 3.63) is 40.4 Å². The van der Waals surface area contributed by atoms with Crippen LogP contribution >= 0.6 is 11.6 Å². The van der Waals surface area contributed by atoms with E-state index in [1.54, 1.807) is 0 Å². The van der Waals surface area contributed by atoms with E-state index in [1.807, 2.05) is 0 Å². The molecule has 0 bridgehead atoms. The molecule has 2 aliphatic rings. The second-order valence-electron chi connectivity index (χ2n) is 5.47. The minimum Gasteiger partial charge on any atom is -0.457 e. The Labute approximate surface area is 131 Å². The third-order valence-corrected chi connectivity index (χ3v) is 4.41. The molecule has 1 aromatic heterocycles. The number of amides is 1. The quantitative estimate of drug-likeness (QED) is 0.878. The molecule has 1 N–H and O–H groups in total. The van der Waals surface area contributed by atoms with Crippen molar-refractivity contribution in [3.8, 4) is 5.75 Å². The molecule has 1 unspecified atom stereocenters. The Balaban J connectivity index is 1.74. The van der Waals surface area contributed by atoms with Crippen molar-refractivity contribution in [2.24, 2.45) is 0 Å². The van der Waals surface area contributed by atoms with E-state index in [9.17, 15) is 9.18 Å². The number of carbonyl (C=O) groups is 1. The summed E-state index contributed by atoms with van der Waals surface area (Å²) < 4.78 is 20.4. The maximum atomic E-state index is 13.3. The van der Waals surface area contributed by atoms with Crippen LogP contribution in [0.1, 0.15) is 30.3 Å². The second kappa shape index (κ2) is 4.98. The molecule has 4 rings (SSSR count). The molecule has 0 radical (unpaired) electrons. The number of ether oxygens (including phenoxy) is 1. The van der Waals surface area contributed by atoms with E-state index in [0.29, 0.717) is 10.8 Å². The summed E-state index contributed by atoms with van der Waals surface area (Å²) in [5, 5.41) is 7.54. The molecule has 0 spiro atoms. The van der Waals surface area contributed by atoms with Crippen LogP contribution in [0.4, 0.5) is 10.1 Å². The predicted molar refractivity (Wildman–Crippen MR) is 78.6 cm³/mol. The Hall–Kier alpha value is -2.08. The van der Waals surface area contributed by atoms with Gasteiger partial charge in [0.1, 0.15) is 16.7 Å². The van der Waals surface area contributed by atoms with Crippen molar-refractivity contribution >= 4 is 23.2 Å². The zero-order chi connectivity index (χ0) is 15.3. The van der Waals surface area contributed by atoms with Gasteiger partial charge in [-0.3, -0.25) is 4.79 Å². The molecule has 0 saturated heterocycles. The van der Waals surface area contributed by atoms with Gasteiger partial charge in [0.05, 0.1) is 11.4 Å². The highest BCUT2D eigenvalue weighted by molar-refractivity contribution is 6.30. The van der Waals surface area contributed by atoms with Crippen molar-refractivity contribution in [3.63, 3.8) is 0 Å². The number of nitrogens with zero attached hydrogens (tertiary/aromatic N) is 2. The van der Waals surface area contributed by atoms with Crippen LogP contribution in [-0.4, -0.2) is 15.7 Å². The summed E-state index contributed by atoms with van der Waals surface area (Å²) in [4.78, 5) is 12.3. The average Bonchev–Trinajstić information content (AvgIpc) is 2.84. The van der Waals surface area contributed by atoms with Gasteiger partial charge in [-0.25, -0.2) is 9.07 Å². The van der Waals surface area contributed by atoms with Crippen molar-refractivity contribution in [2.75, 3.05) is 5.32 Å². The fourth-order valence-electron chi connectivity index (χ4n) is 2.92. The Bertz CT molecular complexity index is 774. The molecule has 5 nitrogen and oxygen atoms in total. The summed E-state index contributed by atoms with van der Waals surface area (Å²) in [7, 11) is 0. The maximum Gasteiger partial charge on any atom is 0.289 e. The van der Waals surface area contributed by atoms with E-state index < -0.39 is 12.0 Å². The number of rotatable bonds is 1. The van der Waals surface area contributed by atoms with Crippen LogP contribution in [0, 0.1) is 5.82 Å². The van der Waals surface area contributed by atoms with Crippen LogP contribution in [-0.2, 0) is 17.6 Å². The summed E-state index contributed by atoms with van der Waals surface area (Å²) in [5.74, 6) is -0.533. The lowest BCUT2D eigenvalue weighted by molar-refractivity contribution is -0.128. The summed E-state index contributed by atoms with van der Waals surface area (Å²) in [6.45, 7) is 0. The van der Waals surface area contributed by atoms with E-state index in [1.165, 1.54) is 22.9 Å². The zero-order valence-corrected chi connectivity index (χ0v) is 12.4. The van der Waals surface area contributed by atoms with Gasteiger partial charge in [0.2, 0.25) is 0 Å². The highest BCUT2D eigenvalue weighted by Crippen LogP contribution is 2.36. The zero-order valence-electron chi connectivity index (χ0n) is 11.6. The molecule has 22 heavy (non-hydrogen) atoms. The van der Waals surface area contributed by atoms with Gasteiger partial charge in [-0.15, -0.1) is 0 Å². The number of carbonyl (C=O) groups excluding carboxylic acids is 1. The molecule has 1 amide bonds. The van der Waals surface area contributed by atoms with Crippen molar-refractivity contribution in [2.45, 2.75) is 31.9 Å². The minimum atomic E-state index is -1.02. The highest BCUT2D eigenvalue weighted by Gasteiger charge is 2.33. The number of benzene rings is 1. The molecule has 2 aromatic rings. The van der Waals surface area contributed by atoms with Crippen molar-refractivity contribution in [1.82, 2.24) is 9.78 Å². The highest BCUT2D eigenvalue weighted by atomic mass is 35.5. The fourth-order valence-corrected chi connectivity index (χ4v) is 3.25. The van der Waals surface area contributed by atoms with Crippen molar-refractivity contribution < 1.29 is 13.9 Å². The molecule has 1 aliphatic carbocycles. The fraction of sp³-hybridized carbons (Fsp3) is 0.333. The number of hydrogen-bond acceptors (Lipinski definition) is 3. The Morgan fingerprint density at radius 2 is 2.18 bits per heavy atom. The average molecular weight is 322 g/mol. The number of aromatic nitrogens is 2. The predicted octanol–water partition coefficient (Wildman–Crippen LogP) is 3.08. The number of halogens is 2. The topological polar surface area (TPSA) is 56.1 Å². The van der Waals surface area contributed by atoms with E-state index in [2.05, 4.69) is 10.4 Å². The molecule has 7 heteroatoms. The van der Waals surface area contributed by atoms with Gasteiger partial charge in [-0.05, 0) is 37.8 Å². The largest absolute Gasteiger partial charge is 0.457 e. The number of nitrogens with one attached hydrogen (secondary N) is 1. The second-order valence-corrected chi connectivity index (χ2v) is 5.83. The summed E-state index contributed by atoms with van der Waals surface area (Å²) in [5.41, 5.74) is 2.34. The normalized spacial score (nSPS) is 19.9. The molecule has 1 aliphatic heterocycles. The molecule has 1 aromatic carbocycles. The standard InChI is InChI=1S/C15H13ClFN3O2/c16-13-9-3-1-2-4-10(9)19-20(13)15-14(21)18-11-6-5-8(17)7-12(11)22-15/h5-7,15H,1-4H2,(H,18,21). The van der Waals surface area contributed by atoms with Crippen LogP contribution < -0.4 is 10.1 Å². The lowest BCUT2D eigenvalue weighted by Crippen LogP contribution is -2.35. The van der Waals surface area contributed by atoms with Gasteiger partial charge in [0.25, 0.3) is 12.1 Å². The first-order valence-electron chi connectivity index (χ1n) is 7.16. The minimum absolute atomic E-state index is 0.272. The maximum absolute atomic E-state index is 13.3. The van der Waals surface area contributed by atoms with Gasteiger partial charge in [-0.1, -0.05) is 11.6 Å². The number of aryl methyl sites for hydroxylation is 1. The summed E-state index contributed by atoms with van der Waals surface area (Å²) in [6, 6.07) is 3.97. The Morgan fingerprint density at radius 3 is 3.00 bits per heavy atom. The van der Waals surface area contributed by atoms with Crippen LogP contribution in [0.15, 0.2) is 18.2 Å². The Morgan fingerprint density at radius 1 is 1.36 bits per heavy atom. The van der Waals surface area contributed by atoms with E-state index in [-0.39, 0.29) is 11.7 Å². The number of anilines is 1. The van der Waals surface area contributed by atoms with Gasteiger partial charge < -0.3 is 10.1 Å². The first-order chi connectivity index (χ1) is 10.6. The lowest BCUT2D eigenvalue weighted by atomic mass is 9.99. The number of fused-ring (bicyclic) bond motifs is 2. The van der Waals surface area contributed by atoms with Crippen LogP contribution in [0.3, 0.4) is 0 Å². The van der Waals surface area contributed by atoms with E-state index in [0.717, 1.165) is 36.9 Å². The number of hydrogen-bond donors (Lipinski definition) is 1. The lowest BCUT2D eigenvalue weighted by Gasteiger charge is -2.26. The van der Waals surface area contributed by atoms with Gasteiger partial charge in [-0.2, -0.15) is 5.10 Å². The molecule has 114 valence electrons. The van der Waals surface area contributed by atoms with Crippen LogP contribution in [0.5, 0.6) is 5.75 Å². The third kappa shape index (κ3) is 2.06. The molecular formula is C15H13ClFN3O2. The van der Waals surface area contributed by atoms with Gasteiger partial charge >= 0.3 is 0 Å².